The second-order valence-corrected chi connectivity index (χ2v) is 4.02. The van der Waals surface area contributed by atoms with Crippen LogP contribution in [0, 0.1) is 0 Å². The zero-order valence-electron chi connectivity index (χ0n) is 14.8. The van der Waals surface area contributed by atoms with Crippen LogP contribution in [0.4, 0.5) is 0 Å². The molecule has 0 aromatic heterocycles. The van der Waals surface area contributed by atoms with Gasteiger partial charge in [-0.1, -0.05) is 49.8 Å². The van der Waals surface area contributed by atoms with Crippen molar-refractivity contribution in [3.8, 4) is 5.75 Å². The highest BCUT2D eigenvalue weighted by Gasteiger charge is 1.92. The van der Waals surface area contributed by atoms with Gasteiger partial charge in [0.25, 0.3) is 0 Å². The van der Waals surface area contributed by atoms with Gasteiger partial charge in [0.05, 0.1) is 13.7 Å². The number of ether oxygens (including phenoxy) is 2. The van der Waals surface area contributed by atoms with E-state index in [9.17, 15) is 0 Å². The minimum atomic E-state index is 0.681. The predicted molar refractivity (Wildman–Crippen MR) is 93.9 cm³/mol. The van der Waals surface area contributed by atoms with Gasteiger partial charge in [-0.3, -0.25) is 0 Å². The summed E-state index contributed by atoms with van der Waals surface area (Å²) in [5.74, 6) is 0.884. The fourth-order valence-corrected chi connectivity index (χ4v) is 1.30. The number of hydrogen-bond acceptors (Lipinski definition) is 2. The van der Waals surface area contributed by atoms with Crippen molar-refractivity contribution in [1.29, 1.82) is 0 Å². The van der Waals surface area contributed by atoms with Gasteiger partial charge in [0.15, 0.2) is 0 Å². The maximum Gasteiger partial charge on any atom is 0.118 e. The van der Waals surface area contributed by atoms with Crippen LogP contribution < -0.4 is 4.74 Å². The van der Waals surface area contributed by atoms with Crippen molar-refractivity contribution in [2.45, 2.75) is 48.1 Å². The van der Waals surface area contributed by atoms with Crippen molar-refractivity contribution in [2.75, 3.05) is 13.7 Å². The van der Waals surface area contributed by atoms with E-state index in [1.165, 1.54) is 11.1 Å². The van der Waals surface area contributed by atoms with E-state index in [0.29, 0.717) is 6.61 Å². The first kappa shape index (κ1) is 21.8. The lowest BCUT2D eigenvalue weighted by Gasteiger charge is -2.02. The molecule has 0 heterocycles. The van der Waals surface area contributed by atoms with Gasteiger partial charge in [0.1, 0.15) is 5.75 Å². The Balaban J connectivity index is 0. The largest absolute Gasteiger partial charge is 0.497 e. The molecule has 1 rings (SSSR count). The van der Waals surface area contributed by atoms with Crippen molar-refractivity contribution in [3.05, 3.63) is 53.6 Å². The van der Waals surface area contributed by atoms with E-state index >= 15 is 0 Å². The Morgan fingerprint density at radius 1 is 1.10 bits per heavy atom. The summed E-state index contributed by atoms with van der Waals surface area (Å²) in [6.07, 6.45) is 6.20. The monoisotopic (exact) mass is 292 g/mol. The van der Waals surface area contributed by atoms with Crippen LogP contribution in [0.5, 0.6) is 5.75 Å². The lowest BCUT2D eigenvalue weighted by atomic mass is 10.2. The fraction of sp³-hybridized carbons (Fsp3) is 0.474. The van der Waals surface area contributed by atoms with E-state index in [-0.39, 0.29) is 0 Å². The molecule has 0 radical (unpaired) electrons. The lowest BCUT2D eigenvalue weighted by molar-refractivity contribution is 0.134. The number of hydrogen-bond donors (Lipinski definition) is 0. The second kappa shape index (κ2) is 16.5. The highest BCUT2D eigenvalue weighted by molar-refractivity contribution is 5.26. The van der Waals surface area contributed by atoms with Gasteiger partial charge in [-0.05, 0) is 45.4 Å². The third-order valence-electron chi connectivity index (χ3n) is 2.52. The molecule has 0 bridgehead atoms. The summed E-state index contributed by atoms with van der Waals surface area (Å²) in [6, 6.07) is 7.89. The summed E-state index contributed by atoms with van der Waals surface area (Å²) in [6.45, 7) is 13.6. The van der Waals surface area contributed by atoms with Crippen LogP contribution >= 0.6 is 0 Å². The molecule has 1 aromatic carbocycles. The molecule has 0 atom stereocenters. The highest BCUT2D eigenvalue weighted by atomic mass is 16.5. The van der Waals surface area contributed by atoms with E-state index in [1.54, 1.807) is 7.11 Å². The van der Waals surface area contributed by atoms with Crippen LogP contribution in [0.1, 0.15) is 47.1 Å². The van der Waals surface area contributed by atoms with Crippen LogP contribution in [-0.4, -0.2) is 13.7 Å². The molecular formula is C19H32O2. The summed E-state index contributed by atoms with van der Waals surface area (Å²) >= 11 is 0. The molecule has 120 valence electrons. The van der Waals surface area contributed by atoms with Crippen molar-refractivity contribution >= 4 is 0 Å². The summed E-state index contributed by atoms with van der Waals surface area (Å²) in [7, 11) is 1.66. The van der Waals surface area contributed by atoms with E-state index in [0.717, 1.165) is 12.4 Å². The van der Waals surface area contributed by atoms with Gasteiger partial charge in [0, 0.05) is 6.61 Å². The molecule has 0 aliphatic carbocycles. The third kappa shape index (κ3) is 13.2. The fourth-order valence-electron chi connectivity index (χ4n) is 1.30. The standard InChI is InChI=1S/C10H14O2.C7H12.C2H6/c1-3-12-8-9-4-6-10(11-2)7-5-9;1-4-6-7(3)5-2;1-2/h4-7H,3,8H2,1-2H3;4-6H,1-3H3;1-2H3/b;6-4-,7-5-;. The van der Waals surface area contributed by atoms with E-state index in [2.05, 4.69) is 19.1 Å². The summed E-state index contributed by atoms with van der Waals surface area (Å²) in [5.41, 5.74) is 2.50. The third-order valence-corrected chi connectivity index (χ3v) is 2.52. The Hall–Kier alpha value is -1.54. The number of allylic oxidation sites excluding steroid dienone is 4. The van der Waals surface area contributed by atoms with E-state index < -0.39 is 0 Å². The van der Waals surface area contributed by atoms with Crippen LogP contribution in [0.3, 0.4) is 0 Å². The maximum atomic E-state index is 5.25. The molecule has 0 amide bonds. The first-order chi connectivity index (χ1) is 10.2. The normalized spacial score (nSPS) is 10.3. The number of methoxy groups -OCH3 is 1. The van der Waals surface area contributed by atoms with Crippen molar-refractivity contribution in [1.82, 2.24) is 0 Å². The smallest absolute Gasteiger partial charge is 0.118 e. The highest BCUT2D eigenvalue weighted by Crippen LogP contribution is 2.11. The molecule has 2 heteroatoms. The maximum absolute atomic E-state index is 5.25. The molecule has 0 fully saturated rings. The lowest BCUT2D eigenvalue weighted by Crippen LogP contribution is -1.91. The van der Waals surface area contributed by atoms with Gasteiger partial charge in [-0.25, -0.2) is 0 Å². The average Bonchev–Trinajstić information content (AvgIpc) is 2.56. The Morgan fingerprint density at radius 3 is 2.00 bits per heavy atom. The average molecular weight is 292 g/mol. The molecule has 0 saturated carbocycles. The van der Waals surface area contributed by atoms with Crippen LogP contribution in [0.25, 0.3) is 0 Å². The molecule has 0 spiro atoms. The quantitative estimate of drug-likeness (QED) is 0.640. The molecule has 0 unspecified atom stereocenters. The van der Waals surface area contributed by atoms with Gasteiger partial charge >= 0.3 is 0 Å². The van der Waals surface area contributed by atoms with Crippen molar-refractivity contribution < 1.29 is 9.47 Å². The van der Waals surface area contributed by atoms with Gasteiger partial charge in [0.2, 0.25) is 0 Å². The van der Waals surface area contributed by atoms with Crippen LogP contribution in [-0.2, 0) is 11.3 Å². The molecule has 0 aliphatic heterocycles. The Kier molecular flexibility index (Phi) is 17.1. The van der Waals surface area contributed by atoms with Crippen molar-refractivity contribution in [2.24, 2.45) is 0 Å². The Labute approximate surface area is 131 Å². The first-order valence-corrected chi connectivity index (χ1v) is 7.64. The second-order valence-electron chi connectivity index (χ2n) is 4.02. The summed E-state index contributed by atoms with van der Waals surface area (Å²) in [4.78, 5) is 0. The van der Waals surface area contributed by atoms with Gasteiger partial charge < -0.3 is 9.47 Å². The molecule has 0 saturated heterocycles. The topological polar surface area (TPSA) is 18.5 Å². The van der Waals surface area contributed by atoms with Crippen molar-refractivity contribution in [3.63, 3.8) is 0 Å². The summed E-state index contributed by atoms with van der Waals surface area (Å²) < 4.78 is 10.3. The minimum Gasteiger partial charge on any atom is -0.497 e. The zero-order chi connectivity index (χ0) is 16.5. The molecular weight excluding hydrogens is 260 g/mol. The van der Waals surface area contributed by atoms with E-state index in [4.69, 9.17) is 9.47 Å². The minimum absolute atomic E-state index is 0.681. The molecule has 0 N–H and O–H groups in total. The molecule has 1 aromatic rings. The molecule has 0 aliphatic rings. The summed E-state index contributed by atoms with van der Waals surface area (Å²) in [5, 5.41) is 0. The molecule has 21 heavy (non-hydrogen) atoms. The molecule has 2 nitrogen and oxygen atoms in total. The Bertz CT molecular complexity index is 375. The van der Waals surface area contributed by atoms with Gasteiger partial charge in [-0.15, -0.1) is 0 Å². The van der Waals surface area contributed by atoms with Crippen LogP contribution in [0.2, 0.25) is 0 Å². The van der Waals surface area contributed by atoms with E-state index in [1.807, 2.05) is 65.0 Å². The number of benzene rings is 1. The SMILES string of the molecule is C/C=C\C(C)=C/C.CC.CCOCc1ccc(OC)cc1. The van der Waals surface area contributed by atoms with Gasteiger partial charge in [-0.2, -0.15) is 0 Å². The van der Waals surface area contributed by atoms with Crippen LogP contribution in [0.15, 0.2) is 48.1 Å². The first-order valence-electron chi connectivity index (χ1n) is 7.64. The zero-order valence-corrected chi connectivity index (χ0v) is 14.8. The Morgan fingerprint density at radius 2 is 1.67 bits per heavy atom. The predicted octanol–water partition coefficient (Wildman–Crippen LogP) is 5.79. The number of rotatable bonds is 5.